The summed E-state index contributed by atoms with van der Waals surface area (Å²) in [6, 6.07) is 31.2. The summed E-state index contributed by atoms with van der Waals surface area (Å²) in [4.78, 5) is 30.4. The van der Waals surface area contributed by atoms with Crippen LogP contribution >= 0.6 is 11.6 Å². The topological polar surface area (TPSA) is 86.8 Å². The Labute approximate surface area is 283 Å². The highest BCUT2D eigenvalue weighted by molar-refractivity contribution is 7.92. The van der Waals surface area contributed by atoms with E-state index in [-0.39, 0.29) is 35.7 Å². The molecule has 0 unspecified atom stereocenters. The monoisotopic (exact) mass is 671 g/mol. The maximum Gasteiger partial charge on any atom is 0.264 e. The zero-order chi connectivity index (χ0) is 33.4. The van der Waals surface area contributed by atoms with E-state index in [1.165, 1.54) is 17.0 Å². The summed E-state index contributed by atoms with van der Waals surface area (Å²) in [5, 5.41) is 3.65. The van der Waals surface area contributed by atoms with Crippen molar-refractivity contribution >= 4 is 39.1 Å². The molecule has 1 N–H and O–H groups in total. The molecule has 4 aromatic carbocycles. The molecule has 4 aromatic rings. The number of benzene rings is 4. The molecule has 1 aliphatic rings. The highest BCUT2D eigenvalue weighted by Gasteiger charge is 2.35. The number of hydrogen-bond donors (Lipinski definition) is 1. The van der Waals surface area contributed by atoms with E-state index in [0.29, 0.717) is 16.3 Å². The number of amides is 2. The molecule has 0 spiro atoms. The first-order valence-electron chi connectivity index (χ1n) is 16.2. The van der Waals surface area contributed by atoms with Gasteiger partial charge in [0.2, 0.25) is 11.8 Å². The first-order valence-corrected chi connectivity index (χ1v) is 18.0. The molecule has 2 amide bonds. The fourth-order valence-corrected chi connectivity index (χ4v) is 7.64. The molecule has 246 valence electrons. The van der Waals surface area contributed by atoms with E-state index in [2.05, 4.69) is 19.2 Å². The molecule has 9 heteroatoms. The Balaban J connectivity index is 1.57. The van der Waals surface area contributed by atoms with E-state index in [9.17, 15) is 18.0 Å². The molecule has 1 atom stereocenters. The van der Waals surface area contributed by atoms with Crippen LogP contribution in [0.1, 0.15) is 62.1 Å². The Hall–Kier alpha value is -4.14. The largest absolute Gasteiger partial charge is 0.352 e. The Morgan fingerprint density at radius 1 is 0.830 bits per heavy atom. The summed E-state index contributed by atoms with van der Waals surface area (Å²) in [6.07, 6.45) is 4.11. The zero-order valence-electron chi connectivity index (χ0n) is 26.9. The van der Waals surface area contributed by atoms with Crippen molar-refractivity contribution in [3.05, 3.63) is 131 Å². The van der Waals surface area contributed by atoms with Gasteiger partial charge in [-0.15, -0.1) is 0 Å². The summed E-state index contributed by atoms with van der Waals surface area (Å²) in [6.45, 7) is 3.64. The van der Waals surface area contributed by atoms with Crippen LogP contribution in [-0.2, 0) is 32.6 Å². The van der Waals surface area contributed by atoms with Crippen molar-refractivity contribution in [1.82, 2.24) is 10.2 Å². The molecular formula is C38H42ClN3O4S. The maximum absolute atomic E-state index is 14.7. The number of hydrogen-bond acceptors (Lipinski definition) is 4. The molecule has 0 aliphatic heterocycles. The van der Waals surface area contributed by atoms with Gasteiger partial charge in [-0.05, 0) is 65.8 Å². The van der Waals surface area contributed by atoms with Crippen LogP contribution in [-0.4, -0.2) is 43.8 Å². The Morgan fingerprint density at radius 2 is 1.43 bits per heavy atom. The third-order valence-electron chi connectivity index (χ3n) is 8.73. The molecular weight excluding hydrogens is 630 g/mol. The summed E-state index contributed by atoms with van der Waals surface area (Å²) < 4.78 is 29.5. The minimum absolute atomic E-state index is 0.0274. The van der Waals surface area contributed by atoms with Gasteiger partial charge in [0.05, 0.1) is 10.6 Å². The number of anilines is 1. The van der Waals surface area contributed by atoms with Crippen molar-refractivity contribution in [1.29, 1.82) is 0 Å². The van der Waals surface area contributed by atoms with Gasteiger partial charge in [-0.2, -0.15) is 0 Å². The molecule has 1 aliphatic carbocycles. The lowest BCUT2D eigenvalue weighted by atomic mass is 10.0. The predicted octanol–water partition coefficient (Wildman–Crippen LogP) is 7.36. The van der Waals surface area contributed by atoms with Gasteiger partial charge in [0.25, 0.3) is 10.0 Å². The van der Waals surface area contributed by atoms with E-state index < -0.39 is 28.5 Å². The zero-order valence-corrected chi connectivity index (χ0v) is 28.5. The fourth-order valence-electron chi connectivity index (χ4n) is 6.01. The number of carbonyl (C=O) groups excluding carboxylic acids is 2. The molecule has 1 fully saturated rings. The minimum Gasteiger partial charge on any atom is -0.352 e. The van der Waals surface area contributed by atoms with Gasteiger partial charge >= 0.3 is 0 Å². The van der Waals surface area contributed by atoms with E-state index in [0.717, 1.165) is 41.1 Å². The number of rotatable bonds is 13. The van der Waals surface area contributed by atoms with E-state index in [1.54, 1.807) is 42.5 Å². The quantitative estimate of drug-likeness (QED) is 0.161. The maximum atomic E-state index is 14.7. The standard InChI is InChI=1S/C38H42ClN3O4S/c1-28(2)30-21-23-33(24-22-30)42(47(45,46)34-18-7-4-8-19-34)27-37(43)41(26-31-15-9-12-20-35(31)39)36(25-29-13-5-3-6-14-29)38(44)40-32-16-10-11-17-32/h3-9,12-15,18-24,28,32,36H,10-11,16-17,25-27H2,1-2H3,(H,40,44)/t36-/m1/s1. The lowest BCUT2D eigenvalue weighted by Crippen LogP contribution is -2.54. The van der Waals surface area contributed by atoms with Gasteiger partial charge < -0.3 is 10.2 Å². The van der Waals surface area contributed by atoms with Gasteiger partial charge in [0, 0.05) is 24.0 Å². The van der Waals surface area contributed by atoms with E-state index >= 15 is 0 Å². The first kappa shape index (κ1) is 34.2. The summed E-state index contributed by atoms with van der Waals surface area (Å²) in [5.74, 6) is -0.534. The average molecular weight is 672 g/mol. The Bertz CT molecular complexity index is 1740. The number of nitrogens with one attached hydrogen (secondary N) is 1. The predicted molar refractivity (Wildman–Crippen MR) is 188 cm³/mol. The second-order valence-electron chi connectivity index (χ2n) is 12.4. The summed E-state index contributed by atoms with van der Waals surface area (Å²) in [7, 11) is -4.16. The number of halogens is 1. The average Bonchev–Trinajstić information content (AvgIpc) is 3.60. The second-order valence-corrected chi connectivity index (χ2v) is 14.6. The highest BCUT2D eigenvalue weighted by Crippen LogP contribution is 2.28. The van der Waals surface area contributed by atoms with Crippen molar-refractivity contribution in [2.45, 2.75) is 75.4 Å². The van der Waals surface area contributed by atoms with Crippen LogP contribution in [0.25, 0.3) is 0 Å². The molecule has 0 heterocycles. The van der Waals surface area contributed by atoms with Crippen molar-refractivity contribution in [2.24, 2.45) is 0 Å². The molecule has 1 saturated carbocycles. The molecule has 0 aromatic heterocycles. The van der Waals surface area contributed by atoms with Crippen molar-refractivity contribution < 1.29 is 18.0 Å². The van der Waals surface area contributed by atoms with Crippen molar-refractivity contribution in [2.75, 3.05) is 10.8 Å². The lowest BCUT2D eigenvalue weighted by Gasteiger charge is -2.34. The van der Waals surface area contributed by atoms with Gasteiger partial charge in [-0.25, -0.2) is 8.42 Å². The molecule has 0 radical (unpaired) electrons. The third-order valence-corrected chi connectivity index (χ3v) is 10.9. The summed E-state index contributed by atoms with van der Waals surface area (Å²) >= 11 is 6.60. The molecule has 5 rings (SSSR count). The van der Waals surface area contributed by atoms with Gasteiger partial charge in [-0.1, -0.05) is 117 Å². The van der Waals surface area contributed by atoms with Crippen LogP contribution in [0.15, 0.2) is 114 Å². The number of carbonyl (C=O) groups is 2. The van der Waals surface area contributed by atoms with Crippen LogP contribution in [0.4, 0.5) is 5.69 Å². The Kier molecular flexibility index (Phi) is 11.4. The molecule has 47 heavy (non-hydrogen) atoms. The number of nitrogens with zero attached hydrogens (tertiary/aromatic N) is 2. The molecule has 0 bridgehead atoms. The van der Waals surface area contributed by atoms with E-state index in [1.807, 2.05) is 54.6 Å². The second kappa shape index (κ2) is 15.6. The molecule has 0 saturated heterocycles. The van der Waals surface area contributed by atoms with Gasteiger partial charge in [0.1, 0.15) is 12.6 Å². The minimum atomic E-state index is -4.16. The van der Waals surface area contributed by atoms with Crippen LogP contribution < -0.4 is 9.62 Å². The van der Waals surface area contributed by atoms with E-state index in [4.69, 9.17) is 11.6 Å². The van der Waals surface area contributed by atoms with Crippen LogP contribution in [0.5, 0.6) is 0 Å². The fraction of sp³-hybridized carbons (Fsp3) is 0.316. The van der Waals surface area contributed by atoms with Crippen LogP contribution in [0.3, 0.4) is 0 Å². The lowest BCUT2D eigenvalue weighted by molar-refractivity contribution is -0.140. The van der Waals surface area contributed by atoms with Crippen molar-refractivity contribution in [3.8, 4) is 0 Å². The third kappa shape index (κ3) is 8.62. The van der Waals surface area contributed by atoms with Crippen LogP contribution in [0.2, 0.25) is 5.02 Å². The molecule has 7 nitrogen and oxygen atoms in total. The normalized spacial score (nSPS) is 14.1. The highest BCUT2D eigenvalue weighted by atomic mass is 35.5. The Morgan fingerprint density at radius 3 is 2.04 bits per heavy atom. The van der Waals surface area contributed by atoms with Gasteiger partial charge in [0.15, 0.2) is 0 Å². The summed E-state index contributed by atoms with van der Waals surface area (Å²) in [5.41, 5.74) is 2.95. The van der Waals surface area contributed by atoms with Gasteiger partial charge in [-0.3, -0.25) is 13.9 Å². The SMILES string of the molecule is CC(C)c1ccc(N(CC(=O)N(Cc2ccccc2Cl)[C@H](Cc2ccccc2)C(=O)NC2CCCC2)S(=O)(=O)c2ccccc2)cc1. The number of sulfonamides is 1. The first-order chi connectivity index (χ1) is 22.6. The van der Waals surface area contributed by atoms with Crippen LogP contribution in [0, 0.1) is 0 Å². The smallest absolute Gasteiger partial charge is 0.264 e. The van der Waals surface area contributed by atoms with Crippen molar-refractivity contribution in [3.63, 3.8) is 0 Å².